The van der Waals surface area contributed by atoms with E-state index in [9.17, 15) is 0 Å². The van der Waals surface area contributed by atoms with Crippen LogP contribution in [0.4, 0.5) is 5.82 Å². The summed E-state index contributed by atoms with van der Waals surface area (Å²) in [6.07, 6.45) is 7.12. The summed E-state index contributed by atoms with van der Waals surface area (Å²) < 4.78 is 1.14. The molecular formula is C21H22BrN5. The third kappa shape index (κ3) is 3.24. The number of nitrogens with zero attached hydrogens (tertiary/aromatic N) is 3. The molecule has 0 amide bonds. The molecule has 3 aromatic heterocycles. The second kappa shape index (κ2) is 7.02. The molecular weight excluding hydrogens is 402 g/mol. The number of H-pyrrole nitrogens is 2. The van der Waals surface area contributed by atoms with E-state index in [2.05, 4.69) is 71.1 Å². The smallest absolute Gasteiger partial charge is 0.138 e. The van der Waals surface area contributed by atoms with Gasteiger partial charge in [-0.25, -0.2) is 4.98 Å². The molecule has 5 rings (SSSR count). The molecule has 1 fully saturated rings. The van der Waals surface area contributed by atoms with Gasteiger partial charge < -0.3 is 14.9 Å². The van der Waals surface area contributed by atoms with Crippen molar-refractivity contribution in [1.82, 2.24) is 19.9 Å². The molecule has 0 atom stereocenters. The third-order valence-electron chi connectivity index (χ3n) is 5.56. The van der Waals surface area contributed by atoms with Crippen molar-refractivity contribution >= 4 is 43.6 Å². The predicted molar refractivity (Wildman–Crippen MR) is 114 cm³/mol. The molecule has 27 heavy (non-hydrogen) atoms. The zero-order valence-electron chi connectivity index (χ0n) is 15.1. The Labute approximate surface area is 166 Å². The average molecular weight is 424 g/mol. The molecule has 0 aliphatic carbocycles. The van der Waals surface area contributed by atoms with Gasteiger partial charge in [-0.05, 0) is 42.3 Å². The summed E-state index contributed by atoms with van der Waals surface area (Å²) in [7, 11) is 0. The standard InChI is InChI=1S/C21H22BrN5/c22-16-1-2-19-18(13-16)15(14-25-19)5-8-26-9-11-27(12-10-26)21-17-3-6-23-20(17)4-7-24-21/h1-4,6-7,13-14,23,25H,5,8-12H2. The van der Waals surface area contributed by atoms with Crippen LogP contribution in [0.25, 0.3) is 21.8 Å². The van der Waals surface area contributed by atoms with Crippen molar-refractivity contribution in [1.29, 1.82) is 0 Å². The first-order chi connectivity index (χ1) is 13.3. The summed E-state index contributed by atoms with van der Waals surface area (Å²) in [5.41, 5.74) is 3.77. The van der Waals surface area contributed by atoms with Crippen LogP contribution in [-0.4, -0.2) is 52.6 Å². The van der Waals surface area contributed by atoms with Gasteiger partial charge >= 0.3 is 0 Å². The van der Waals surface area contributed by atoms with Gasteiger partial charge in [-0.3, -0.25) is 4.90 Å². The van der Waals surface area contributed by atoms with Crippen LogP contribution in [0.3, 0.4) is 0 Å². The Morgan fingerprint density at radius 2 is 1.81 bits per heavy atom. The summed E-state index contributed by atoms with van der Waals surface area (Å²) in [5, 5.41) is 2.54. The van der Waals surface area contributed by atoms with Gasteiger partial charge in [0.05, 0.1) is 5.52 Å². The fourth-order valence-electron chi connectivity index (χ4n) is 4.04. The Morgan fingerprint density at radius 3 is 2.70 bits per heavy atom. The van der Waals surface area contributed by atoms with Crippen LogP contribution >= 0.6 is 15.9 Å². The van der Waals surface area contributed by atoms with Crippen LogP contribution in [0.2, 0.25) is 0 Å². The fraction of sp³-hybridized carbons (Fsp3) is 0.286. The fourth-order valence-corrected chi connectivity index (χ4v) is 4.40. The minimum absolute atomic E-state index is 1.02. The van der Waals surface area contributed by atoms with Gasteiger partial charge in [-0.2, -0.15) is 0 Å². The van der Waals surface area contributed by atoms with E-state index < -0.39 is 0 Å². The summed E-state index contributed by atoms with van der Waals surface area (Å²) in [5.74, 6) is 1.11. The number of rotatable bonds is 4. The van der Waals surface area contributed by atoms with E-state index in [-0.39, 0.29) is 0 Å². The van der Waals surface area contributed by atoms with Crippen molar-refractivity contribution in [2.75, 3.05) is 37.6 Å². The molecule has 6 heteroatoms. The van der Waals surface area contributed by atoms with E-state index in [4.69, 9.17) is 0 Å². The third-order valence-corrected chi connectivity index (χ3v) is 6.05. The van der Waals surface area contributed by atoms with Gasteiger partial charge in [-0.1, -0.05) is 15.9 Å². The number of anilines is 1. The summed E-state index contributed by atoms with van der Waals surface area (Å²) in [4.78, 5) is 16.3. The number of benzene rings is 1. The predicted octanol–water partition coefficient (Wildman–Crippen LogP) is 4.17. The Hall–Kier alpha value is -2.31. The quantitative estimate of drug-likeness (QED) is 0.517. The second-order valence-electron chi connectivity index (χ2n) is 7.16. The van der Waals surface area contributed by atoms with E-state index in [0.29, 0.717) is 0 Å². The van der Waals surface area contributed by atoms with Crippen molar-refractivity contribution in [3.63, 3.8) is 0 Å². The molecule has 1 aliphatic heterocycles. The molecule has 1 aromatic carbocycles. The highest BCUT2D eigenvalue weighted by Gasteiger charge is 2.20. The number of aromatic nitrogens is 3. The molecule has 4 heterocycles. The number of aromatic amines is 2. The summed E-state index contributed by atoms with van der Waals surface area (Å²) in [6.45, 7) is 5.30. The number of pyridine rings is 1. The molecule has 0 unspecified atom stereocenters. The topological polar surface area (TPSA) is 51.0 Å². The monoisotopic (exact) mass is 423 g/mol. The maximum atomic E-state index is 4.64. The summed E-state index contributed by atoms with van der Waals surface area (Å²) >= 11 is 3.58. The van der Waals surface area contributed by atoms with Crippen LogP contribution in [0.15, 0.2) is 53.4 Å². The Morgan fingerprint density at radius 1 is 0.963 bits per heavy atom. The maximum absolute atomic E-state index is 4.64. The zero-order chi connectivity index (χ0) is 18.2. The lowest BCUT2D eigenvalue weighted by Gasteiger charge is -2.35. The highest BCUT2D eigenvalue weighted by molar-refractivity contribution is 9.10. The molecule has 1 saturated heterocycles. The van der Waals surface area contributed by atoms with Gasteiger partial charge in [0.25, 0.3) is 0 Å². The van der Waals surface area contributed by atoms with Crippen LogP contribution in [-0.2, 0) is 6.42 Å². The lowest BCUT2D eigenvalue weighted by Crippen LogP contribution is -2.47. The van der Waals surface area contributed by atoms with Gasteiger partial charge in [-0.15, -0.1) is 0 Å². The number of hydrogen-bond donors (Lipinski definition) is 2. The van der Waals surface area contributed by atoms with Gasteiger partial charge in [0.1, 0.15) is 5.82 Å². The average Bonchev–Trinajstić information content (AvgIpc) is 3.33. The SMILES string of the molecule is Brc1ccc2[nH]cc(CCN3CCN(c4nccc5[nH]ccc45)CC3)c2c1. The summed E-state index contributed by atoms with van der Waals surface area (Å²) in [6, 6.07) is 10.6. The van der Waals surface area contributed by atoms with Crippen LogP contribution in [0.5, 0.6) is 0 Å². The van der Waals surface area contributed by atoms with E-state index in [1.54, 1.807) is 0 Å². The Kier molecular flexibility index (Phi) is 4.38. The van der Waals surface area contributed by atoms with E-state index in [1.807, 2.05) is 18.5 Å². The van der Waals surface area contributed by atoms with Gasteiger partial charge in [0.2, 0.25) is 0 Å². The first kappa shape index (κ1) is 16.8. The first-order valence-corrected chi connectivity index (χ1v) is 10.2. The molecule has 0 spiro atoms. The maximum Gasteiger partial charge on any atom is 0.138 e. The zero-order valence-corrected chi connectivity index (χ0v) is 16.7. The number of fused-ring (bicyclic) bond motifs is 2. The van der Waals surface area contributed by atoms with Crippen LogP contribution in [0, 0.1) is 0 Å². The van der Waals surface area contributed by atoms with Crippen LogP contribution in [0.1, 0.15) is 5.56 Å². The highest BCUT2D eigenvalue weighted by Crippen LogP contribution is 2.25. The molecule has 0 bridgehead atoms. The second-order valence-corrected chi connectivity index (χ2v) is 8.07. The molecule has 138 valence electrons. The number of hydrogen-bond acceptors (Lipinski definition) is 3. The Balaban J connectivity index is 1.23. The van der Waals surface area contributed by atoms with Crippen LogP contribution < -0.4 is 4.90 Å². The van der Waals surface area contributed by atoms with Gasteiger partial charge in [0, 0.05) is 72.1 Å². The van der Waals surface area contributed by atoms with E-state index in [1.165, 1.54) is 21.9 Å². The van der Waals surface area contributed by atoms with Crippen molar-refractivity contribution in [3.05, 3.63) is 59.0 Å². The van der Waals surface area contributed by atoms with Crippen molar-refractivity contribution in [3.8, 4) is 0 Å². The lowest BCUT2D eigenvalue weighted by atomic mass is 10.1. The number of halogens is 1. The number of nitrogens with one attached hydrogen (secondary N) is 2. The molecule has 2 N–H and O–H groups in total. The first-order valence-electron chi connectivity index (χ1n) is 9.43. The van der Waals surface area contributed by atoms with E-state index >= 15 is 0 Å². The molecule has 4 aromatic rings. The van der Waals surface area contributed by atoms with Crippen molar-refractivity contribution in [2.24, 2.45) is 0 Å². The molecule has 0 radical (unpaired) electrons. The lowest BCUT2D eigenvalue weighted by molar-refractivity contribution is 0.261. The van der Waals surface area contributed by atoms with E-state index in [0.717, 1.165) is 55.0 Å². The normalized spacial score (nSPS) is 15.8. The van der Waals surface area contributed by atoms with Crippen molar-refractivity contribution in [2.45, 2.75) is 6.42 Å². The largest absolute Gasteiger partial charge is 0.361 e. The minimum atomic E-state index is 1.02. The number of piperazine rings is 1. The van der Waals surface area contributed by atoms with Gasteiger partial charge in [0.15, 0.2) is 0 Å². The Bertz CT molecular complexity index is 1070. The van der Waals surface area contributed by atoms with Crippen molar-refractivity contribution < 1.29 is 0 Å². The minimum Gasteiger partial charge on any atom is -0.361 e. The highest BCUT2D eigenvalue weighted by atomic mass is 79.9. The molecule has 5 nitrogen and oxygen atoms in total. The molecule has 1 aliphatic rings. The molecule has 0 saturated carbocycles.